The molecule has 0 heterocycles. The summed E-state index contributed by atoms with van der Waals surface area (Å²) in [5.74, 6) is -0.984. The van der Waals surface area contributed by atoms with Crippen molar-refractivity contribution in [3.63, 3.8) is 0 Å². The molecule has 1 atom stereocenters. The molecule has 0 unspecified atom stereocenters. The number of carbonyl (C=O) groups excluding carboxylic acids is 1. The van der Waals surface area contributed by atoms with Crippen LogP contribution in [0.15, 0.2) is 78.9 Å². The highest BCUT2D eigenvalue weighted by Crippen LogP contribution is 2.39. The zero-order valence-electron chi connectivity index (χ0n) is 19.9. The predicted octanol–water partition coefficient (Wildman–Crippen LogP) is 7.00. The summed E-state index contributed by atoms with van der Waals surface area (Å²) in [6.07, 6.45) is -9.62. The number of rotatable bonds is 6. The first kappa shape index (κ1) is 27.7. The summed E-state index contributed by atoms with van der Waals surface area (Å²) in [5, 5.41) is 4.83. The van der Waals surface area contributed by atoms with Crippen molar-refractivity contribution >= 4 is 24.4 Å². The number of hydrogen-bond donors (Lipinski definition) is 1. The van der Waals surface area contributed by atoms with E-state index in [1.165, 1.54) is 0 Å². The minimum atomic E-state index is -5.03. The van der Waals surface area contributed by atoms with Crippen LogP contribution in [0.3, 0.4) is 0 Å². The van der Waals surface area contributed by atoms with Crippen molar-refractivity contribution in [2.24, 2.45) is 5.41 Å². The van der Waals surface area contributed by atoms with Gasteiger partial charge in [0.15, 0.2) is 0 Å². The van der Waals surface area contributed by atoms with E-state index in [0.29, 0.717) is 18.3 Å². The third-order valence-electron chi connectivity index (χ3n) is 5.70. The molecule has 0 aromatic heterocycles. The summed E-state index contributed by atoms with van der Waals surface area (Å²) in [5.41, 5.74) is -4.26. The lowest BCUT2D eigenvalue weighted by Gasteiger charge is -2.35. The molecular formula is C27H26F6NOP. The molecule has 3 rings (SSSR count). The molecule has 0 saturated heterocycles. The predicted molar refractivity (Wildman–Crippen MR) is 131 cm³/mol. The maximum Gasteiger partial charge on any atom is 0.416 e. The van der Waals surface area contributed by atoms with E-state index in [9.17, 15) is 31.1 Å². The molecule has 0 aliphatic heterocycles. The average Bonchev–Trinajstić information content (AvgIpc) is 2.80. The molecule has 3 aromatic rings. The lowest BCUT2D eigenvalue weighted by molar-refractivity contribution is -0.143. The highest BCUT2D eigenvalue weighted by atomic mass is 31.1. The minimum absolute atomic E-state index is 0.0160. The van der Waals surface area contributed by atoms with Gasteiger partial charge in [-0.3, -0.25) is 4.79 Å². The van der Waals surface area contributed by atoms with Crippen LogP contribution in [0.1, 0.15) is 42.3 Å². The van der Waals surface area contributed by atoms with Crippen molar-refractivity contribution in [2.75, 3.05) is 6.16 Å². The highest BCUT2D eigenvalue weighted by molar-refractivity contribution is 7.73. The molecule has 1 amide bonds. The van der Waals surface area contributed by atoms with Crippen LogP contribution in [-0.2, 0) is 12.4 Å². The summed E-state index contributed by atoms with van der Waals surface area (Å²) in [6, 6.07) is 19.7. The SMILES string of the molecule is CC(C)(C)[C@@H](CP(c1ccccc1)c1ccccc1)NC(=O)c1cc(C(F)(F)F)cc(C(F)(F)F)c1. The minimum Gasteiger partial charge on any atom is -0.348 e. The fraction of sp³-hybridized carbons (Fsp3) is 0.296. The Labute approximate surface area is 207 Å². The Bertz CT molecular complexity index is 1100. The maximum absolute atomic E-state index is 13.3. The molecule has 9 heteroatoms. The van der Waals surface area contributed by atoms with Crippen LogP contribution in [0.2, 0.25) is 0 Å². The molecule has 0 fully saturated rings. The second kappa shape index (κ2) is 10.6. The number of hydrogen-bond acceptors (Lipinski definition) is 1. The zero-order chi connectivity index (χ0) is 26.7. The van der Waals surface area contributed by atoms with Crippen molar-refractivity contribution in [2.45, 2.75) is 39.2 Å². The molecule has 192 valence electrons. The van der Waals surface area contributed by atoms with Crippen LogP contribution in [0.4, 0.5) is 26.3 Å². The molecule has 0 radical (unpaired) electrons. The van der Waals surface area contributed by atoms with E-state index in [0.717, 1.165) is 10.6 Å². The fourth-order valence-electron chi connectivity index (χ4n) is 3.62. The lowest BCUT2D eigenvalue weighted by Crippen LogP contribution is -2.47. The summed E-state index contributed by atoms with van der Waals surface area (Å²) < 4.78 is 79.8. The Morgan fingerprint density at radius 3 is 1.53 bits per heavy atom. The van der Waals surface area contributed by atoms with Crippen molar-refractivity contribution in [1.29, 1.82) is 0 Å². The Morgan fingerprint density at radius 2 is 1.17 bits per heavy atom. The lowest BCUT2D eigenvalue weighted by atomic mass is 9.87. The van der Waals surface area contributed by atoms with Gasteiger partial charge in [-0.25, -0.2) is 0 Å². The van der Waals surface area contributed by atoms with Gasteiger partial charge in [-0.15, -0.1) is 0 Å². The van der Waals surface area contributed by atoms with Gasteiger partial charge in [0.2, 0.25) is 0 Å². The molecule has 2 nitrogen and oxygen atoms in total. The van der Waals surface area contributed by atoms with Gasteiger partial charge < -0.3 is 5.32 Å². The standard InChI is InChI=1S/C27H26F6NOP/c1-25(2,3)23(17-36(21-10-6-4-7-11-21)22-12-8-5-9-13-22)34-24(35)18-14-19(26(28,29)30)16-20(15-18)27(31,32)33/h4-16,23H,17H2,1-3H3,(H,34,35)/t23-/m1/s1. The third-order valence-corrected chi connectivity index (χ3v) is 8.27. The van der Waals surface area contributed by atoms with Crippen LogP contribution in [-0.4, -0.2) is 18.1 Å². The van der Waals surface area contributed by atoms with Crippen LogP contribution in [0, 0.1) is 5.41 Å². The molecular weight excluding hydrogens is 499 g/mol. The molecule has 1 N–H and O–H groups in total. The molecule has 3 aromatic carbocycles. The number of benzene rings is 3. The van der Waals surface area contributed by atoms with Gasteiger partial charge in [-0.2, -0.15) is 26.3 Å². The smallest absolute Gasteiger partial charge is 0.348 e. The fourth-order valence-corrected chi connectivity index (χ4v) is 6.41. The van der Waals surface area contributed by atoms with E-state index in [-0.39, 0.29) is 6.07 Å². The highest BCUT2D eigenvalue weighted by Gasteiger charge is 2.38. The monoisotopic (exact) mass is 525 g/mol. The second-order valence-electron chi connectivity index (χ2n) is 9.47. The van der Waals surface area contributed by atoms with E-state index in [2.05, 4.69) is 5.32 Å². The number of halogens is 6. The van der Waals surface area contributed by atoms with Crippen molar-refractivity contribution < 1.29 is 31.1 Å². The van der Waals surface area contributed by atoms with E-state index in [1.54, 1.807) is 0 Å². The molecule has 0 saturated carbocycles. The van der Waals surface area contributed by atoms with Gasteiger partial charge in [-0.05, 0) is 48.3 Å². The molecule has 0 aliphatic carbocycles. The molecule has 0 spiro atoms. The summed E-state index contributed by atoms with van der Waals surface area (Å²) in [7, 11) is -0.978. The van der Waals surface area contributed by atoms with Crippen molar-refractivity contribution in [3.8, 4) is 0 Å². The van der Waals surface area contributed by atoms with Gasteiger partial charge in [0.25, 0.3) is 5.91 Å². The zero-order valence-corrected chi connectivity index (χ0v) is 20.8. The maximum atomic E-state index is 13.3. The largest absolute Gasteiger partial charge is 0.416 e. The number of nitrogens with one attached hydrogen (secondary N) is 1. The van der Waals surface area contributed by atoms with E-state index >= 15 is 0 Å². The summed E-state index contributed by atoms with van der Waals surface area (Å²) >= 11 is 0. The van der Waals surface area contributed by atoms with Gasteiger partial charge in [0.05, 0.1) is 11.1 Å². The normalized spacial score (nSPS) is 13.5. The van der Waals surface area contributed by atoms with Crippen molar-refractivity contribution in [3.05, 3.63) is 95.6 Å². The van der Waals surface area contributed by atoms with Crippen LogP contribution < -0.4 is 15.9 Å². The first-order valence-corrected chi connectivity index (χ1v) is 12.7. The molecule has 0 aliphatic rings. The average molecular weight is 525 g/mol. The summed E-state index contributed by atoms with van der Waals surface area (Å²) in [4.78, 5) is 13.1. The Morgan fingerprint density at radius 1 is 0.750 bits per heavy atom. The van der Waals surface area contributed by atoms with E-state index in [4.69, 9.17) is 0 Å². The van der Waals surface area contributed by atoms with Crippen molar-refractivity contribution in [1.82, 2.24) is 5.32 Å². The van der Waals surface area contributed by atoms with Crippen LogP contribution in [0.5, 0.6) is 0 Å². The van der Waals surface area contributed by atoms with E-state index in [1.807, 2.05) is 81.4 Å². The van der Waals surface area contributed by atoms with Gasteiger partial charge in [0, 0.05) is 11.6 Å². The molecule has 36 heavy (non-hydrogen) atoms. The Kier molecular flexibility index (Phi) is 8.19. The molecule has 0 bridgehead atoms. The third kappa shape index (κ3) is 7.10. The quantitative estimate of drug-likeness (QED) is 0.273. The van der Waals surface area contributed by atoms with E-state index < -0.39 is 54.3 Å². The van der Waals surface area contributed by atoms with Crippen LogP contribution in [0.25, 0.3) is 0 Å². The number of alkyl halides is 6. The topological polar surface area (TPSA) is 29.1 Å². The number of amides is 1. The summed E-state index contributed by atoms with van der Waals surface area (Å²) in [6.45, 7) is 5.61. The van der Waals surface area contributed by atoms with Gasteiger partial charge in [-0.1, -0.05) is 81.4 Å². The first-order valence-electron chi connectivity index (χ1n) is 11.1. The number of carbonyl (C=O) groups is 1. The van der Waals surface area contributed by atoms with Crippen LogP contribution >= 0.6 is 7.92 Å². The van der Waals surface area contributed by atoms with Gasteiger partial charge >= 0.3 is 12.4 Å². The first-order chi connectivity index (χ1) is 16.7. The van der Waals surface area contributed by atoms with Gasteiger partial charge in [0.1, 0.15) is 0 Å². The Balaban J connectivity index is 1.98. The second-order valence-corrected chi connectivity index (χ2v) is 11.7. The Hall–Kier alpha value is -2.86.